The zero-order chi connectivity index (χ0) is 37.2. The summed E-state index contributed by atoms with van der Waals surface area (Å²) >= 11 is 0. The third kappa shape index (κ3) is 7.62. The fourth-order valence-electron chi connectivity index (χ4n) is 6.60. The monoisotopic (exact) mass is 824 g/mol. The standard InChI is InChI=1S/C26H20NO.C19H22N.Ir/c1-26(2,18-9-4-3-5-10-18)19-15-16-27-23(17-19)22-13-8-12-21-20-11-6-7-14-24(20)28-25(21)22;1-15-14-20-19(17-10-6-3-7-11-17)13-18(15)12-16-8-4-2-5-9-16;/h3-12,14-17H,1-2H3;3,6-7,10,13-14,16H,2,4-5,8-9,12H2,1H3;/q2*-1;/i;1D3,12D2;. The molecule has 249 valence electrons. The summed E-state index contributed by atoms with van der Waals surface area (Å²) in [6, 6.07) is 42.3. The van der Waals surface area contributed by atoms with Crippen molar-refractivity contribution in [3.63, 3.8) is 0 Å². The molecule has 8 rings (SSSR count). The van der Waals surface area contributed by atoms with Crippen LogP contribution >= 0.6 is 0 Å². The average molecular weight is 824 g/mol. The van der Waals surface area contributed by atoms with Gasteiger partial charge in [-0.1, -0.05) is 123 Å². The summed E-state index contributed by atoms with van der Waals surface area (Å²) in [6.07, 6.45) is 6.22. The molecule has 1 aliphatic carbocycles. The molecule has 3 nitrogen and oxygen atoms in total. The van der Waals surface area contributed by atoms with Crippen molar-refractivity contribution in [2.45, 2.75) is 64.6 Å². The van der Waals surface area contributed by atoms with Gasteiger partial charge in [0, 0.05) is 50.2 Å². The minimum atomic E-state index is -2.39. The molecule has 1 aliphatic rings. The molecule has 0 spiro atoms. The van der Waals surface area contributed by atoms with Crippen molar-refractivity contribution in [1.82, 2.24) is 9.97 Å². The van der Waals surface area contributed by atoms with E-state index in [9.17, 15) is 0 Å². The van der Waals surface area contributed by atoms with Crippen molar-refractivity contribution >= 4 is 21.9 Å². The second-order valence-electron chi connectivity index (χ2n) is 13.0. The zero-order valence-electron chi connectivity index (χ0n) is 32.8. The molecule has 4 aromatic carbocycles. The Morgan fingerprint density at radius 3 is 2.39 bits per heavy atom. The van der Waals surface area contributed by atoms with Crippen LogP contribution in [0, 0.1) is 24.9 Å². The first-order chi connectivity index (χ1) is 25.4. The SMILES string of the molecule is CC(C)(c1ccccc1)c1ccnc(-c2[c-]ccc3c2oc2ccccc23)c1.[2H]C([2H])([2H])c1cnc(-c2[c-]cccc2)cc1C([2H])([2H])C1CCCCC1.[Ir]. The molecule has 0 bridgehead atoms. The first kappa shape index (κ1) is 28.5. The normalized spacial score (nSPS) is 15.5. The van der Waals surface area contributed by atoms with Crippen LogP contribution in [-0.2, 0) is 31.9 Å². The van der Waals surface area contributed by atoms with E-state index in [4.69, 9.17) is 11.3 Å². The van der Waals surface area contributed by atoms with Gasteiger partial charge in [0.2, 0.25) is 0 Å². The number of rotatable bonds is 6. The van der Waals surface area contributed by atoms with Crippen LogP contribution in [0.2, 0.25) is 0 Å². The minimum absolute atomic E-state index is 0. The first-order valence-electron chi connectivity index (χ1n) is 19.3. The van der Waals surface area contributed by atoms with E-state index >= 15 is 0 Å². The Balaban J connectivity index is 0.000000182. The van der Waals surface area contributed by atoms with Gasteiger partial charge in [-0.15, -0.1) is 54.1 Å². The van der Waals surface area contributed by atoms with Crippen LogP contribution in [0.15, 0.2) is 126 Å². The van der Waals surface area contributed by atoms with E-state index in [1.54, 1.807) is 12.1 Å². The largest absolute Gasteiger partial charge is 0.501 e. The van der Waals surface area contributed by atoms with Crippen molar-refractivity contribution in [2.24, 2.45) is 5.92 Å². The molecule has 49 heavy (non-hydrogen) atoms. The predicted molar refractivity (Wildman–Crippen MR) is 198 cm³/mol. The summed E-state index contributed by atoms with van der Waals surface area (Å²) in [5, 5.41) is 2.22. The Hall–Kier alpha value is -4.37. The Morgan fingerprint density at radius 2 is 1.59 bits per heavy atom. The van der Waals surface area contributed by atoms with Gasteiger partial charge in [-0.2, -0.15) is 0 Å². The molecule has 0 aliphatic heterocycles. The van der Waals surface area contributed by atoms with Gasteiger partial charge < -0.3 is 14.4 Å². The van der Waals surface area contributed by atoms with Crippen molar-refractivity contribution in [3.05, 3.63) is 156 Å². The van der Waals surface area contributed by atoms with Gasteiger partial charge in [0.05, 0.1) is 5.58 Å². The van der Waals surface area contributed by atoms with Gasteiger partial charge in [-0.05, 0) is 59.4 Å². The molecular weight excluding hydrogens is 777 g/mol. The van der Waals surface area contributed by atoms with Crippen molar-refractivity contribution in [2.75, 3.05) is 0 Å². The average Bonchev–Trinajstić information content (AvgIpc) is 3.58. The van der Waals surface area contributed by atoms with Gasteiger partial charge in [0.1, 0.15) is 5.58 Å². The molecule has 7 aromatic rings. The summed E-state index contributed by atoms with van der Waals surface area (Å²) in [4.78, 5) is 8.92. The molecule has 1 saturated carbocycles. The molecule has 0 atom stereocenters. The van der Waals surface area contributed by atoms with Crippen LogP contribution < -0.4 is 0 Å². The van der Waals surface area contributed by atoms with E-state index in [0.717, 1.165) is 70.9 Å². The third-order valence-corrected chi connectivity index (χ3v) is 9.43. The van der Waals surface area contributed by atoms with Crippen molar-refractivity contribution in [3.8, 4) is 22.5 Å². The molecule has 0 amide bonds. The molecule has 4 heteroatoms. The van der Waals surface area contributed by atoms with Gasteiger partial charge in [-0.3, -0.25) is 0 Å². The number of para-hydroxylation sites is 1. The van der Waals surface area contributed by atoms with Gasteiger partial charge in [-0.25, -0.2) is 0 Å². The maximum atomic E-state index is 8.72. The molecule has 0 unspecified atom stereocenters. The Kier molecular flexibility index (Phi) is 8.98. The molecule has 1 fully saturated rings. The quantitative estimate of drug-likeness (QED) is 0.157. The van der Waals surface area contributed by atoms with Crippen LogP contribution in [-0.4, -0.2) is 9.97 Å². The number of benzene rings is 4. The van der Waals surface area contributed by atoms with E-state index in [0.29, 0.717) is 5.69 Å². The number of aromatic nitrogens is 2. The summed E-state index contributed by atoms with van der Waals surface area (Å²) in [5.41, 5.74) is 7.44. The number of nitrogens with zero attached hydrogens (tertiary/aromatic N) is 2. The second kappa shape index (κ2) is 15.5. The number of hydrogen-bond acceptors (Lipinski definition) is 3. The summed E-state index contributed by atoms with van der Waals surface area (Å²) in [6.45, 7) is 2.10. The number of aryl methyl sites for hydroxylation is 1. The van der Waals surface area contributed by atoms with E-state index in [1.807, 2.05) is 48.7 Å². The molecular formula is C45H42IrN2O-2. The zero-order valence-corrected chi connectivity index (χ0v) is 30.2. The Morgan fingerprint density at radius 1 is 0.796 bits per heavy atom. The Bertz CT molecular complexity index is 2330. The maximum Gasteiger partial charge on any atom is 0.120 e. The van der Waals surface area contributed by atoms with E-state index in [1.165, 1.54) is 17.3 Å². The van der Waals surface area contributed by atoms with Gasteiger partial charge >= 0.3 is 0 Å². The molecule has 3 heterocycles. The van der Waals surface area contributed by atoms with E-state index in [-0.39, 0.29) is 42.6 Å². The smallest absolute Gasteiger partial charge is 0.120 e. The minimum Gasteiger partial charge on any atom is -0.501 e. The van der Waals surface area contributed by atoms with Crippen molar-refractivity contribution < 1.29 is 31.4 Å². The predicted octanol–water partition coefficient (Wildman–Crippen LogP) is 11.8. The summed E-state index contributed by atoms with van der Waals surface area (Å²) in [7, 11) is 0. The fraction of sp³-hybridized carbons (Fsp3) is 0.244. The summed E-state index contributed by atoms with van der Waals surface area (Å²) < 4.78 is 47.0. The molecule has 1 radical (unpaired) electrons. The second-order valence-corrected chi connectivity index (χ2v) is 13.0. The molecule has 0 N–H and O–H groups in total. The van der Waals surface area contributed by atoms with Gasteiger partial charge in [0.15, 0.2) is 0 Å². The molecule has 3 aromatic heterocycles. The number of pyridine rings is 2. The van der Waals surface area contributed by atoms with Crippen LogP contribution in [0.5, 0.6) is 0 Å². The summed E-state index contributed by atoms with van der Waals surface area (Å²) in [5.74, 6) is -0.155. The van der Waals surface area contributed by atoms with Crippen LogP contribution in [0.1, 0.15) is 75.1 Å². The number of hydrogen-bond donors (Lipinski definition) is 0. The molecule has 0 saturated heterocycles. The van der Waals surface area contributed by atoms with Gasteiger partial charge in [0.25, 0.3) is 0 Å². The number of fused-ring (bicyclic) bond motifs is 3. The topological polar surface area (TPSA) is 38.9 Å². The van der Waals surface area contributed by atoms with Crippen molar-refractivity contribution in [1.29, 1.82) is 0 Å². The number of furan rings is 1. The fourth-order valence-corrected chi connectivity index (χ4v) is 6.60. The Labute approximate surface area is 311 Å². The van der Waals surface area contributed by atoms with E-state index < -0.39 is 13.2 Å². The maximum absolute atomic E-state index is 8.72. The van der Waals surface area contributed by atoms with Crippen LogP contribution in [0.3, 0.4) is 0 Å². The van der Waals surface area contributed by atoms with E-state index in [2.05, 4.69) is 90.5 Å². The van der Waals surface area contributed by atoms with Crippen LogP contribution in [0.4, 0.5) is 0 Å². The van der Waals surface area contributed by atoms with Crippen LogP contribution in [0.25, 0.3) is 44.5 Å². The third-order valence-electron chi connectivity index (χ3n) is 9.43. The first-order valence-corrected chi connectivity index (χ1v) is 16.8.